The first-order chi connectivity index (χ1) is 16.2. The number of nitrogens with one attached hydrogen (secondary N) is 3. The number of fused-ring (bicyclic) bond motifs is 1. The van der Waals surface area contributed by atoms with E-state index in [0.29, 0.717) is 31.7 Å². The van der Waals surface area contributed by atoms with E-state index in [4.69, 9.17) is 4.98 Å². The summed E-state index contributed by atoms with van der Waals surface area (Å²) in [6, 6.07) is 5.23. The molecule has 8 heteroatoms. The fourth-order valence-corrected chi connectivity index (χ4v) is 4.62. The van der Waals surface area contributed by atoms with E-state index in [2.05, 4.69) is 48.5 Å². The molecule has 34 heavy (non-hydrogen) atoms. The van der Waals surface area contributed by atoms with Crippen LogP contribution in [0, 0.1) is 5.92 Å². The van der Waals surface area contributed by atoms with Crippen molar-refractivity contribution in [2.24, 2.45) is 5.92 Å². The van der Waals surface area contributed by atoms with Gasteiger partial charge in [0, 0.05) is 25.4 Å². The van der Waals surface area contributed by atoms with Crippen LogP contribution in [0.1, 0.15) is 70.4 Å². The Morgan fingerprint density at radius 1 is 1.15 bits per heavy atom. The number of nitrogens with zero attached hydrogens (tertiary/aromatic N) is 1. The zero-order valence-electron chi connectivity index (χ0n) is 20.9. The molecular weight excluding hydrogens is 448 g/mol. The van der Waals surface area contributed by atoms with Crippen LogP contribution in [-0.2, 0) is 20.8 Å². The van der Waals surface area contributed by atoms with Crippen molar-refractivity contribution >= 4 is 39.3 Å². The molecule has 0 saturated heterocycles. The Morgan fingerprint density at radius 2 is 1.88 bits per heavy atom. The van der Waals surface area contributed by atoms with Gasteiger partial charge in [-0.3, -0.25) is 14.4 Å². The van der Waals surface area contributed by atoms with Gasteiger partial charge in [-0.15, -0.1) is 11.3 Å². The van der Waals surface area contributed by atoms with Crippen LogP contribution in [-0.4, -0.2) is 41.3 Å². The van der Waals surface area contributed by atoms with Crippen molar-refractivity contribution in [2.75, 3.05) is 6.54 Å². The molecule has 0 radical (unpaired) electrons. The van der Waals surface area contributed by atoms with Gasteiger partial charge >= 0.3 is 0 Å². The van der Waals surface area contributed by atoms with Crippen LogP contribution in [0.15, 0.2) is 30.9 Å². The molecule has 0 saturated carbocycles. The van der Waals surface area contributed by atoms with E-state index in [1.807, 2.05) is 26.8 Å². The van der Waals surface area contributed by atoms with Crippen molar-refractivity contribution in [3.05, 3.63) is 41.4 Å². The van der Waals surface area contributed by atoms with Crippen LogP contribution in [0.4, 0.5) is 0 Å². The van der Waals surface area contributed by atoms with Gasteiger partial charge in [-0.2, -0.15) is 0 Å². The maximum atomic E-state index is 13.3. The standard InChI is InChI=1S/C26H38N4O3S/c1-7-10-24(32)28-20(26(33)30-21(17(6)8-2)15-27-23(31)9-3)14-25-29-19-12-11-18(16(4)5)13-22(19)34-25/h9,11-13,16-17,20-21H,3,7-8,10,14-15H2,1-2,4-6H3,(H,27,31)(H,28,32)(H,30,33)/t17-,20-,21+/m0/s1. The molecule has 0 fully saturated rings. The summed E-state index contributed by atoms with van der Waals surface area (Å²) >= 11 is 1.55. The molecule has 1 heterocycles. The average Bonchev–Trinajstić information content (AvgIpc) is 3.21. The highest BCUT2D eigenvalue weighted by molar-refractivity contribution is 7.18. The molecule has 0 aliphatic rings. The molecule has 1 aromatic carbocycles. The van der Waals surface area contributed by atoms with Gasteiger partial charge in [0.15, 0.2) is 0 Å². The fourth-order valence-electron chi connectivity index (χ4n) is 3.56. The highest BCUT2D eigenvalue weighted by Gasteiger charge is 2.27. The van der Waals surface area contributed by atoms with Gasteiger partial charge < -0.3 is 16.0 Å². The maximum absolute atomic E-state index is 13.3. The van der Waals surface area contributed by atoms with E-state index in [0.717, 1.165) is 21.6 Å². The number of aromatic nitrogens is 1. The Hall–Kier alpha value is -2.74. The first-order valence-electron chi connectivity index (χ1n) is 12.1. The van der Waals surface area contributed by atoms with E-state index in [1.165, 1.54) is 11.6 Å². The fraction of sp³-hybridized carbons (Fsp3) is 0.538. The highest BCUT2D eigenvalue weighted by atomic mass is 32.1. The number of carbonyl (C=O) groups is 3. The zero-order chi connectivity index (χ0) is 25.3. The van der Waals surface area contributed by atoms with Crippen LogP contribution >= 0.6 is 11.3 Å². The van der Waals surface area contributed by atoms with E-state index in [1.54, 1.807) is 11.3 Å². The van der Waals surface area contributed by atoms with E-state index in [-0.39, 0.29) is 29.7 Å². The lowest BCUT2D eigenvalue weighted by Crippen LogP contribution is -2.54. The summed E-state index contributed by atoms with van der Waals surface area (Å²) < 4.78 is 1.07. The van der Waals surface area contributed by atoms with E-state index in [9.17, 15) is 14.4 Å². The lowest BCUT2D eigenvalue weighted by molar-refractivity contribution is -0.129. The van der Waals surface area contributed by atoms with E-state index >= 15 is 0 Å². The zero-order valence-corrected chi connectivity index (χ0v) is 21.8. The third-order valence-electron chi connectivity index (χ3n) is 5.97. The van der Waals surface area contributed by atoms with Crippen molar-refractivity contribution in [1.29, 1.82) is 0 Å². The van der Waals surface area contributed by atoms with Crippen molar-refractivity contribution in [2.45, 2.75) is 78.3 Å². The largest absolute Gasteiger partial charge is 0.351 e. The number of hydrogen-bond acceptors (Lipinski definition) is 5. The minimum atomic E-state index is -0.745. The first-order valence-corrected chi connectivity index (χ1v) is 12.9. The highest BCUT2D eigenvalue weighted by Crippen LogP contribution is 2.27. The van der Waals surface area contributed by atoms with Gasteiger partial charge in [0.25, 0.3) is 0 Å². The molecule has 2 aromatic rings. The Bertz CT molecular complexity index is 1000. The minimum absolute atomic E-state index is 0.137. The van der Waals surface area contributed by atoms with Crippen LogP contribution in [0.3, 0.4) is 0 Å². The molecule has 0 aliphatic carbocycles. The molecule has 3 amide bonds. The monoisotopic (exact) mass is 486 g/mol. The quantitative estimate of drug-likeness (QED) is 0.371. The lowest BCUT2D eigenvalue weighted by Gasteiger charge is -2.27. The van der Waals surface area contributed by atoms with Gasteiger partial charge in [-0.1, -0.05) is 53.7 Å². The SMILES string of the molecule is C=CC(=O)NC[C@@H](NC(=O)[C@H](Cc1nc2ccc(C(C)C)cc2s1)NC(=O)CCC)[C@@H](C)CC. The summed E-state index contributed by atoms with van der Waals surface area (Å²) in [7, 11) is 0. The molecular formula is C26H38N4O3S. The van der Waals surface area contributed by atoms with Crippen LogP contribution in [0.2, 0.25) is 0 Å². The number of rotatable bonds is 13. The van der Waals surface area contributed by atoms with Crippen molar-refractivity contribution in [1.82, 2.24) is 20.9 Å². The summed E-state index contributed by atoms with van der Waals surface area (Å²) in [5.41, 5.74) is 2.14. The van der Waals surface area contributed by atoms with Crippen molar-refractivity contribution < 1.29 is 14.4 Å². The second-order valence-corrected chi connectivity index (χ2v) is 10.1. The smallest absolute Gasteiger partial charge is 0.243 e. The second kappa shape index (κ2) is 13.2. The van der Waals surface area contributed by atoms with Crippen molar-refractivity contribution in [3.8, 4) is 0 Å². The molecule has 0 spiro atoms. The van der Waals surface area contributed by atoms with Gasteiger partial charge in [-0.05, 0) is 42.0 Å². The number of hydrogen-bond donors (Lipinski definition) is 3. The van der Waals surface area contributed by atoms with Gasteiger partial charge in [-0.25, -0.2) is 4.98 Å². The summed E-state index contributed by atoms with van der Waals surface area (Å²) in [5, 5.41) is 9.50. The number of benzene rings is 1. The molecule has 7 nitrogen and oxygen atoms in total. The van der Waals surface area contributed by atoms with Gasteiger partial charge in [0.2, 0.25) is 17.7 Å². The predicted octanol–water partition coefficient (Wildman–Crippen LogP) is 4.08. The molecule has 0 unspecified atom stereocenters. The Kier molecular flexibility index (Phi) is 10.7. The van der Waals surface area contributed by atoms with Crippen LogP contribution < -0.4 is 16.0 Å². The first kappa shape index (κ1) is 27.5. The molecule has 2 rings (SSSR count). The molecule has 3 atom stereocenters. The van der Waals surface area contributed by atoms with Gasteiger partial charge in [0.1, 0.15) is 6.04 Å². The van der Waals surface area contributed by atoms with Crippen LogP contribution in [0.25, 0.3) is 10.2 Å². The summed E-state index contributed by atoms with van der Waals surface area (Å²) in [5.74, 6) is -0.167. The number of thiazole rings is 1. The Morgan fingerprint density at radius 3 is 2.50 bits per heavy atom. The molecule has 3 N–H and O–H groups in total. The van der Waals surface area contributed by atoms with Crippen molar-refractivity contribution in [3.63, 3.8) is 0 Å². The molecule has 1 aromatic heterocycles. The third-order valence-corrected chi connectivity index (χ3v) is 7.01. The lowest BCUT2D eigenvalue weighted by atomic mass is 9.98. The van der Waals surface area contributed by atoms with Gasteiger partial charge in [0.05, 0.1) is 15.2 Å². The molecule has 0 bridgehead atoms. The topological polar surface area (TPSA) is 100 Å². The minimum Gasteiger partial charge on any atom is -0.351 e. The maximum Gasteiger partial charge on any atom is 0.243 e. The number of amides is 3. The molecule has 0 aliphatic heterocycles. The summed E-state index contributed by atoms with van der Waals surface area (Å²) in [6.45, 7) is 14.0. The average molecular weight is 487 g/mol. The normalized spacial score (nSPS) is 13.8. The van der Waals surface area contributed by atoms with E-state index < -0.39 is 6.04 Å². The summed E-state index contributed by atoms with van der Waals surface area (Å²) in [4.78, 5) is 42.1. The third kappa shape index (κ3) is 7.94. The Labute approximate surface area is 206 Å². The summed E-state index contributed by atoms with van der Waals surface area (Å²) in [6.07, 6.45) is 3.40. The van der Waals surface area contributed by atoms with Crippen LogP contribution in [0.5, 0.6) is 0 Å². The second-order valence-electron chi connectivity index (χ2n) is 9.01. The molecule has 186 valence electrons. The Balaban J connectivity index is 2.23. The number of carbonyl (C=O) groups excluding carboxylic acids is 3. The predicted molar refractivity (Wildman–Crippen MR) is 139 cm³/mol.